The van der Waals surface area contributed by atoms with E-state index in [0.29, 0.717) is 0 Å². The minimum absolute atomic E-state index is 0.0994. The second kappa shape index (κ2) is 4.65. The van der Waals surface area contributed by atoms with Crippen LogP contribution in [0.4, 0.5) is 8.78 Å². The molecule has 0 aliphatic heterocycles. The van der Waals surface area contributed by atoms with E-state index >= 15 is 0 Å². The Morgan fingerprint density at radius 3 is 2.79 bits per heavy atom. The van der Waals surface area contributed by atoms with E-state index in [2.05, 4.69) is 11.6 Å². The van der Waals surface area contributed by atoms with Crippen molar-refractivity contribution in [3.05, 3.63) is 48.1 Å². The number of halogens is 2. The van der Waals surface area contributed by atoms with Gasteiger partial charge in [0.25, 0.3) is 0 Å². The molecule has 1 rings (SSSR count). The van der Waals surface area contributed by atoms with Gasteiger partial charge in [0.1, 0.15) is 11.6 Å². The van der Waals surface area contributed by atoms with Gasteiger partial charge in [0, 0.05) is 11.8 Å². The Labute approximate surface area is 81.8 Å². The monoisotopic (exact) mass is 195 g/mol. The average Bonchev–Trinajstić information content (AvgIpc) is 2.19. The lowest BCUT2D eigenvalue weighted by Crippen LogP contribution is -1.95. The van der Waals surface area contributed by atoms with Crippen molar-refractivity contribution in [2.45, 2.75) is 13.0 Å². The van der Waals surface area contributed by atoms with Crippen molar-refractivity contribution in [1.29, 1.82) is 0 Å². The first-order valence-corrected chi connectivity index (χ1v) is 4.24. The second-order valence-corrected chi connectivity index (χ2v) is 2.92. The molecule has 0 spiro atoms. The highest BCUT2D eigenvalue weighted by Gasteiger charge is 2.00. The van der Waals surface area contributed by atoms with Crippen LogP contribution in [0.1, 0.15) is 12.5 Å². The smallest absolute Gasteiger partial charge is 0.132 e. The van der Waals surface area contributed by atoms with E-state index in [0.717, 1.165) is 18.2 Å². The molecule has 0 fully saturated rings. The molecule has 0 aromatic heterocycles. The number of nitrogens with zero attached hydrogens (tertiary/aromatic N) is 1. The number of rotatable bonds is 3. The molecule has 0 aliphatic rings. The Morgan fingerprint density at radius 1 is 1.43 bits per heavy atom. The third kappa shape index (κ3) is 2.76. The van der Waals surface area contributed by atoms with E-state index in [-0.39, 0.29) is 11.6 Å². The van der Waals surface area contributed by atoms with E-state index < -0.39 is 11.6 Å². The van der Waals surface area contributed by atoms with Crippen LogP contribution in [-0.2, 0) is 0 Å². The van der Waals surface area contributed by atoms with E-state index in [4.69, 9.17) is 0 Å². The molecule has 74 valence electrons. The van der Waals surface area contributed by atoms with Gasteiger partial charge in [0.05, 0.1) is 6.04 Å². The van der Waals surface area contributed by atoms with Crippen molar-refractivity contribution >= 4 is 6.21 Å². The zero-order chi connectivity index (χ0) is 10.6. The standard InChI is InChI=1S/C11H11F2N/c1-3-8(2)14-7-9-6-10(12)4-5-11(9)13/h3-8H,1H2,2H3. The number of benzene rings is 1. The summed E-state index contributed by atoms with van der Waals surface area (Å²) in [6.45, 7) is 5.34. The molecule has 0 saturated carbocycles. The molecule has 0 heterocycles. The Balaban J connectivity index is 2.90. The fourth-order valence-corrected chi connectivity index (χ4v) is 0.872. The van der Waals surface area contributed by atoms with Crippen molar-refractivity contribution < 1.29 is 8.78 Å². The van der Waals surface area contributed by atoms with E-state index in [1.54, 1.807) is 13.0 Å². The van der Waals surface area contributed by atoms with Gasteiger partial charge in [0.15, 0.2) is 0 Å². The normalized spacial score (nSPS) is 13.1. The summed E-state index contributed by atoms with van der Waals surface area (Å²) in [5.41, 5.74) is 0.152. The summed E-state index contributed by atoms with van der Waals surface area (Å²) in [6.07, 6.45) is 2.93. The number of hydrogen-bond acceptors (Lipinski definition) is 1. The third-order valence-electron chi connectivity index (χ3n) is 1.75. The fraction of sp³-hybridized carbons (Fsp3) is 0.182. The van der Waals surface area contributed by atoms with E-state index in [1.807, 2.05) is 0 Å². The van der Waals surface area contributed by atoms with Gasteiger partial charge in [-0.1, -0.05) is 6.08 Å². The van der Waals surface area contributed by atoms with Crippen LogP contribution < -0.4 is 0 Å². The molecule has 0 radical (unpaired) electrons. The van der Waals surface area contributed by atoms with Crippen LogP contribution in [0.5, 0.6) is 0 Å². The van der Waals surface area contributed by atoms with Gasteiger partial charge in [-0.25, -0.2) is 8.78 Å². The average molecular weight is 195 g/mol. The first-order valence-electron chi connectivity index (χ1n) is 4.24. The zero-order valence-corrected chi connectivity index (χ0v) is 7.87. The maximum Gasteiger partial charge on any atom is 0.132 e. The molecule has 0 amide bonds. The maximum absolute atomic E-state index is 13.0. The van der Waals surface area contributed by atoms with Gasteiger partial charge < -0.3 is 0 Å². The van der Waals surface area contributed by atoms with Crippen LogP contribution in [-0.4, -0.2) is 12.3 Å². The van der Waals surface area contributed by atoms with Gasteiger partial charge >= 0.3 is 0 Å². The van der Waals surface area contributed by atoms with Crippen molar-refractivity contribution in [3.63, 3.8) is 0 Å². The molecule has 1 aromatic carbocycles. The maximum atomic E-state index is 13.0. The molecule has 1 unspecified atom stereocenters. The summed E-state index contributed by atoms with van der Waals surface area (Å²) in [5.74, 6) is -0.953. The molecular formula is C11H11F2N. The molecular weight excluding hydrogens is 184 g/mol. The Kier molecular flexibility index (Phi) is 3.51. The Hall–Kier alpha value is -1.51. The molecule has 14 heavy (non-hydrogen) atoms. The van der Waals surface area contributed by atoms with Crippen LogP contribution in [0, 0.1) is 11.6 Å². The zero-order valence-electron chi connectivity index (χ0n) is 7.87. The summed E-state index contributed by atoms with van der Waals surface area (Å²) >= 11 is 0. The first-order chi connectivity index (χ1) is 6.63. The summed E-state index contributed by atoms with van der Waals surface area (Å²) in [5, 5.41) is 0. The lowest BCUT2D eigenvalue weighted by Gasteiger charge is -1.98. The van der Waals surface area contributed by atoms with Crippen LogP contribution >= 0.6 is 0 Å². The Morgan fingerprint density at radius 2 is 2.14 bits per heavy atom. The molecule has 1 nitrogen and oxygen atoms in total. The van der Waals surface area contributed by atoms with Crippen LogP contribution in [0.2, 0.25) is 0 Å². The molecule has 0 bridgehead atoms. The van der Waals surface area contributed by atoms with Crippen molar-refractivity contribution in [3.8, 4) is 0 Å². The fourth-order valence-electron chi connectivity index (χ4n) is 0.872. The molecule has 1 atom stereocenters. The summed E-state index contributed by atoms with van der Waals surface area (Å²) in [7, 11) is 0. The first kappa shape index (κ1) is 10.6. The lowest BCUT2D eigenvalue weighted by atomic mass is 10.2. The van der Waals surface area contributed by atoms with E-state index in [9.17, 15) is 8.78 Å². The van der Waals surface area contributed by atoms with Gasteiger partial charge in [-0.05, 0) is 25.1 Å². The molecule has 1 aromatic rings. The summed E-state index contributed by atoms with van der Waals surface area (Å²) < 4.78 is 25.7. The van der Waals surface area contributed by atoms with Crippen molar-refractivity contribution in [2.75, 3.05) is 0 Å². The molecule has 0 saturated heterocycles. The minimum atomic E-state index is -0.480. The van der Waals surface area contributed by atoms with Gasteiger partial charge in [0.2, 0.25) is 0 Å². The van der Waals surface area contributed by atoms with Crippen LogP contribution in [0.3, 0.4) is 0 Å². The largest absolute Gasteiger partial charge is 0.285 e. The van der Waals surface area contributed by atoms with Crippen LogP contribution in [0.25, 0.3) is 0 Å². The molecule has 0 aliphatic carbocycles. The van der Waals surface area contributed by atoms with Gasteiger partial charge in [-0.2, -0.15) is 0 Å². The third-order valence-corrected chi connectivity index (χ3v) is 1.75. The molecule has 3 heteroatoms. The van der Waals surface area contributed by atoms with E-state index in [1.165, 1.54) is 6.21 Å². The van der Waals surface area contributed by atoms with Crippen molar-refractivity contribution in [2.24, 2.45) is 4.99 Å². The predicted molar refractivity (Wildman–Crippen MR) is 53.6 cm³/mol. The lowest BCUT2D eigenvalue weighted by molar-refractivity contribution is 0.598. The summed E-state index contributed by atoms with van der Waals surface area (Å²) in [6, 6.07) is 3.16. The highest BCUT2D eigenvalue weighted by atomic mass is 19.1. The minimum Gasteiger partial charge on any atom is -0.285 e. The van der Waals surface area contributed by atoms with Crippen molar-refractivity contribution in [1.82, 2.24) is 0 Å². The quantitative estimate of drug-likeness (QED) is 0.519. The topological polar surface area (TPSA) is 12.4 Å². The highest BCUT2D eigenvalue weighted by Crippen LogP contribution is 2.07. The van der Waals surface area contributed by atoms with Crippen LogP contribution in [0.15, 0.2) is 35.8 Å². The SMILES string of the molecule is C=CC(C)N=Cc1cc(F)ccc1F. The highest BCUT2D eigenvalue weighted by molar-refractivity contribution is 5.80. The van der Waals surface area contributed by atoms with Gasteiger partial charge in [-0.3, -0.25) is 4.99 Å². The molecule has 0 N–H and O–H groups in total. The predicted octanol–water partition coefficient (Wildman–Crippen LogP) is 2.96. The second-order valence-electron chi connectivity index (χ2n) is 2.92. The summed E-state index contributed by atoms with van der Waals surface area (Å²) in [4.78, 5) is 3.97. The number of aliphatic imine (C=N–C) groups is 1. The number of hydrogen-bond donors (Lipinski definition) is 0. The van der Waals surface area contributed by atoms with Gasteiger partial charge in [-0.15, -0.1) is 6.58 Å². The Bertz CT molecular complexity index is 358.